The van der Waals surface area contributed by atoms with Gasteiger partial charge in [0.2, 0.25) is 0 Å². The number of carbonyl (C=O) groups is 1. The van der Waals surface area contributed by atoms with Gasteiger partial charge in [0.05, 0.1) is 24.0 Å². The minimum atomic E-state index is -0.00741. The molecule has 0 aliphatic heterocycles. The van der Waals surface area contributed by atoms with Crippen molar-refractivity contribution in [2.45, 2.75) is 40.3 Å². The van der Waals surface area contributed by atoms with Gasteiger partial charge in [0, 0.05) is 23.4 Å². The zero-order valence-corrected chi connectivity index (χ0v) is 15.5. The Morgan fingerprint density at radius 1 is 1.38 bits per heavy atom. The molecule has 5 nitrogen and oxygen atoms in total. The summed E-state index contributed by atoms with van der Waals surface area (Å²) in [6.07, 6.45) is 1.78. The average Bonchev–Trinajstić information content (AvgIpc) is 3.12. The highest BCUT2D eigenvalue weighted by atomic mass is 32.1. The first-order valence-corrected chi connectivity index (χ1v) is 8.89. The molecule has 0 saturated heterocycles. The van der Waals surface area contributed by atoms with Gasteiger partial charge in [-0.25, -0.2) is 9.67 Å². The second-order valence-electron chi connectivity index (χ2n) is 6.41. The Labute approximate surface area is 145 Å². The summed E-state index contributed by atoms with van der Waals surface area (Å²) >= 11 is 1.68. The second kappa shape index (κ2) is 6.36. The molecule has 6 heteroatoms. The summed E-state index contributed by atoms with van der Waals surface area (Å²) in [5.74, 6) is -0.00741. The number of aromatic nitrogens is 3. The lowest BCUT2D eigenvalue weighted by Crippen LogP contribution is -2.27. The number of fused-ring (bicyclic) bond motifs is 1. The highest BCUT2D eigenvalue weighted by Gasteiger charge is 2.19. The summed E-state index contributed by atoms with van der Waals surface area (Å²) in [4.78, 5) is 20.4. The van der Waals surface area contributed by atoms with Gasteiger partial charge in [-0.15, -0.1) is 11.3 Å². The monoisotopic (exact) mass is 342 g/mol. The molecule has 0 aliphatic rings. The summed E-state index contributed by atoms with van der Waals surface area (Å²) in [6.45, 7) is 8.71. The maximum absolute atomic E-state index is 12.9. The molecule has 3 aromatic heterocycles. The van der Waals surface area contributed by atoms with E-state index in [2.05, 4.69) is 42.3 Å². The average molecular weight is 342 g/mol. The number of pyridine rings is 1. The molecule has 0 aromatic carbocycles. The molecule has 3 heterocycles. The van der Waals surface area contributed by atoms with E-state index in [1.165, 1.54) is 10.4 Å². The van der Waals surface area contributed by atoms with Crippen LogP contribution in [0.1, 0.15) is 46.4 Å². The molecule has 0 atom stereocenters. The van der Waals surface area contributed by atoms with Gasteiger partial charge in [-0.3, -0.25) is 4.79 Å². The van der Waals surface area contributed by atoms with Crippen LogP contribution in [-0.4, -0.2) is 32.6 Å². The molecule has 0 spiro atoms. The standard InChI is InChI=1S/C18H22N4OS/c1-11(2)22-17-14(9-19-22)8-15(13(4)20-17)18(23)21(5)10-16-12(3)6-7-24-16/h6-9,11H,10H2,1-5H3. The van der Waals surface area contributed by atoms with Gasteiger partial charge in [0.25, 0.3) is 5.91 Å². The van der Waals surface area contributed by atoms with Crippen molar-refractivity contribution in [3.8, 4) is 0 Å². The minimum absolute atomic E-state index is 0.00741. The van der Waals surface area contributed by atoms with Crippen LogP contribution in [0.2, 0.25) is 0 Å². The van der Waals surface area contributed by atoms with Gasteiger partial charge in [-0.2, -0.15) is 5.10 Å². The largest absolute Gasteiger partial charge is 0.336 e. The Morgan fingerprint density at radius 2 is 2.12 bits per heavy atom. The Balaban J connectivity index is 1.92. The van der Waals surface area contributed by atoms with Gasteiger partial charge in [-0.05, 0) is 50.8 Å². The third-order valence-electron chi connectivity index (χ3n) is 4.17. The van der Waals surface area contributed by atoms with Gasteiger partial charge in [0.15, 0.2) is 5.65 Å². The van der Waals surface area contributed by atoms with E-state index in [-0.39, 0.29) is 11.9 Å². The van der Waals surface area contributed by atoms with Gasteiger partial charge in [0.1, 0.15) is 0 Å². The van der Waals surface area contributed by atoms with Crippen LogP contribution in [0.5, 0.6) is 0 Å². The molecule has 0 saturated carbocycles. The predicted octanol–water partition coefficient (Wildman–Crippen LogP) is 3.96. The van der Waals surface area contributed by atoms with Crippen LogP contribution in [0, 0.1) is 13.8 Å². The van der Waals surface area contributed by atoms with E-state index >= 15 is 0 Å². The fourth-order valence-electron chi connectivity index (χ4n) is 2.72. The molecule has 126 valence electrons. The topological polar surface area (TPSA) is 51.0 Å². The van der Waals surface area contributed by atoms with Crippen molar-refractivity contribution in [3.63, 3.8) is 0 Å². The number of thiophene rings is 1. The van der Waals surface area contributed by atoms with E-state index in [4.69, 9.17) is 0 Å². The van der Waals surface area contributed by atoms with E-state index in [9.17, 15) is 4.79 Å². The molecule has 0 N–H and O–H groups in total. The number of nitrogens with zero attached hydrogens (tertiary/aromatic N) is 4. The Bertz CT molecular complexity index is 894. The van der Waals surface area contributed by atoms with Crippen LogP contribution in [-0.2, 0) is 6.54 Å². The molecule has 3 rings (SSSR count). The van der Waals surface area contributed by atoms with Crippen LogP contribution in [0.15, 0.2) is 23.7 Å². The lowest BCUT2D eigenvalue weighted by molar-refractivity contribution is 0.0785. The van der Waals surface area contributed by atoms with Crippen LogP contribution in [0.3, 0.4) is 0 Å². The van der Waals surface area contributed by atoms with Crippen LogP contribution in [0.4, 0.5) is 0 Å². The van der Waals surface area contributed by atoms with Crippen LogP contribution in [0.25, 0.3) is 11.0 Å². The molecular weight excluding hydrogens is 320 g/mol. The van der Waals surface area contributed by atoms with E-state index in [1.807, 2.05) is 24.7 Å². The molecule has 0 bridgehead atoms. The van der Waals surface area contributed by atoms with Crippen molar-refractivity contribution in [1.29, 1.82) is 0 Å². The SMILES string of the molecule is Cc1ccsc1CN(C)C(=O)c1cc2cnn(C(C)C)c2nc1C. The molecule has 0 aliphatic carbocycles. The van der Waals surface area contributed by atoms with Gasteiger partial charge in [-0.1, -0.05) is 0 Å². The molecule has 3 aromatic rings. The first-order valence-electron chi connectivity index (χ1n) is 8.01. The first kappa shape index (κ1) is 16.6. The zero-order chi connectivity index (χ0) is 17.4. The number of hydrogen-bond acceptors (Lipinski definition) is 4. The highest BCUT2D eigenvalue weighted by molar-refractivity contribution is 7.10. The Hall–Kier alpha value is -2.21. The quantitative estimate of drug-likeness (QED) is 0.721. The summed E-state index contributed by atoms with van der Waals surface area (Å²) in [6, 6.07) is 4.22. The second-order valence-corrected chi connectivity index (χ2v) is 7.41. The highest BCUT2D eigenvalue weighted by Crippen LogP contribution is 2.22. The first-order chi connectivity index (χ1) is 11.4. The van der Waals surface area contributed by atoms with Crippen molar-refractivity contribution in [1.82, 2.24) is 19.7 Å². The number of rotatable bonds is 4. The fourth-order valence-corrected chi connectivity index (χ4v) is 3.68. The van der Waals surface area contributed by atoms with Crippen molar-refractivity contribution in [2.24, 2.45) is 0 Å². The zero-order valence-electron chi connectivity index (χ0n) is 14.7. The van der Waals surface area contributed by atoms with E-state index in [1.54, 1.807) is 22.4 Å². The lowest BCUT2D eigenvalue weighted by atomic mass is 10.1. The van der Waals surface area contributed by atoms with Gasteiger partial charge < -0.3 is 4.90 Å². The maximum Gasteiger partial charge on any atom is 0.255 e. The third-order valence-corrected chi connectivity index (χ3v) is 5.18. The number of amides is 1. The number of aryl methyl sites for hydroxylation is 2. The fraction of sp³-hybridized carbons (Fsp3) is 0.389. The molecule has 24 heavy (non-hydrogen) atoms. The van der Waals surface area contributed by atoms with Crippen LogP contribution < -0.4 is 0 Å². The summed E-state index contributed by atoms with van der Waals surface area (Å²) in [5, 5.41) is 7.34. The van der Waals surface area contributed by atoms with E-state index in [0.29, 0.717) is 12.1 Å². The number of hydrogen-bond donors (Lipinski definition) is 0. The van der Waals surface area contributed by atoms with Crippen molar-refractivity contribution in [2.75, 3.05) is 7.05 Å². The molecule has 0 unspecified atom stereocenters. The normalized spacial score (nSPS) is 11.4. The molecular formula is C18H22N4OS. The Morgan fingerprint density at radius 3 is 2.75 bits per heavy atom. The number of carbonyl (C=O) groups excluding carboxylic acids is 1. The predicted molar refractivity (Wildman–Crippen MR) is 97.5 cm³/mol. The van der Waals surface area contributed by atoms with E-state index < -0.39 is 0 Å². The molecule has 0 radical (unpaired) electrons. The molecule has 1 amide bonds. The van der Waals surface area contributed by atoms with Crippen molar-refractivity contribution >= 4 is 28.3 Å². The minimum Gasteiger partial charge on any atom is -0.336 e. The maximum atomic E-state index is 12.9. The summed E-state index contributed by atoms with van der Waals surface area (Å²) in [7, 11) is 1.84. The van der Waals surface area contributed by atoms with Crippen molar-refractivity contribution < 1.29 is 4.79 Å². The van der Waals surface area contributed by atoms with E-state index in [0.717, 1.165) is 16.7 Å². The van der Waals surface area contributed by atoms with Gasteiger partial charge >= 0.3 is 0 Å². The smallest absolute Gasteiger partial charge is 0.255 e. The van der Waals surface area contributed by atoms with Crippen LogP contribution >= 0.6 is 11.3 Å². The summed E-state index contributed by atoms with van der Waals surface area (Å²) in [5.41, 5.74) is 3.44. The third kappa shape index (κ3) is 2.94. The Kier molecular flexibility index (Phi) is 4.41. The molecule has 0 fully saturated rings. The van der Waals surface area contributed by atoms with Crippen molar-refractivity contribution in [3.05, 3.63) is 45.4 Å². The lowest BCUT2D eigenvalue weighted by Gasteiger charge is -2.18. The summed E-state index contributed by atoms with van der Waals surface area (Å²) < 4.78 is 1.88.